The number of nitrogens with zero attached hydrogens (tertiary/aromatic N) is 2. The molecule has 5 nitrogen and oxygen atoms in total. The number of thioether (sulfide) groups is 1. The molecular formula is C17H22FIN4OS. The van der Waals surface area contributed by atoms with E-state index in [1.54, 1.807) is 37.1 Å². The van der Waals surface area contributed by atoms with Gasteiger partial charge in [0.15, 0.2) is 5.96 Å². The first-order valence-electron chi connectivity index (χ1n) is 7.53. The minimum Gasteiger partial charge on any atom is -0.439 e. The molecule has 136 valence electrons. The molecule has 0 spiro atoms. The van der Waals surface area contributed by atoms with Crippen molar-refractivity contribution in [1.82, 2.24) is 15.6 Å². The fraction of sp³-hybridized carbons (Fsp3) is 0.294. The number of hydrogen-bond donors (Lipinski definition) is 2. The molecule has 1 aromatic heterocycles. The normalized spacial score (nSPS) is 10.8. The van der Waals surface area contributed by atoms with E-state index in [4.69, 9.17) is 4.74 Å². The maximum Gasteiger partial charge on any atom is 0.224 e. The van der Waals surface area contributed by atoms with Gasteiger partial charge in [0.1, 0.15) is 11.6 Å². The van der Waals surface area contributed by atoms with Gasteiger partial charge in [0.05, 0.1) is 0 Å². The van der Waals surface area contributed by atoms with Gasteiger partial charge in [0, 0.05) is 43.7 Å². The number of ether oxygens (including phenoxy) is 1. The molecule has 0 aliphatic heterocycles. The fourth-order valence-corrected chi connectivity index (χ4v) is 2.27. The van der Waals surface area contributed by atoms with Crippen LogP contribution in [-0.2, 0) is 6.54 Å². The third-order valence-electron chi connectivity index (χ3n) is 3.13. The van der Waals surface area contributed by atoms with Gasteiger partial charge < -0.3 is 15.4 Å². The number of nitrogens with one attached hydrogen (secondary N) is 2. The number of aliphatic imine (C=N–C) groups is 1. The number of halogens is 2. The molecule has 0 saturated carbocycles. The Hall–Kier alpha value is -1.55. The zero-order valence-electron chi connectivity index (χ0n) is 14.2. The van der Waals surface area contributed by atoms with Crippen molar-refractivity contribution >= 4 is 41.7 Å². The van der Waals surface area contributed by atoms with Gasteiger partial charge in [-0.25, -0.2) is 9.37 Å². The molecule has 1 aromatic carbocycles. The van der Waals surface area contributed by atoms with Gasteiger partial charge in [-0.1, -0.05) is 12.1 Å². The Morgan fingerprint density at radius 3 is 2.84 bits per heavy atom. The predicted molar refractivity (Wildman–Crippen MR) is 113 cm³/mol. The van der Waals surface area contributed by atoms with E-state index in [0.717, 1.165) is 17.9 Å². The van der Waals surface area contributed by atoms with Crippen molar-refractivity contribution in [2.75, 3.05) is 25.6 Å². The Balaban J connectivity index is 0.00000312. The Bertz CT molecular complexity index is 687. The second-order valence-electron chi connectivity index (χ2n) is 4.87. The molecule has 2 aromatic rings. The summed E-state index contributed by atoms with van der Waals surface area (Å²) in [5.74, 6) is 2.22. The topological polar surface area (TPSA) is 58.5 Å². The molecule has 0 fully saturated rings. The van der Waals surface area contributed by atoms with Gasteiger partial charge in [-0.05, 0) is 24.5 Å². The van der Waals surface area contributed by atoms with E-state index in [1.807, 2.05) is 12.1 Å². The SMILES string of the molecule is CN=C(NCCSC)NCc1cccnc1Oc1cccc(F)c1.I. The Morgan fingerprint density at radius 2 is 2.12 bits per heavy atom. The second kappa shape index (κ2) is 11.9. The van der Waals surface area contributed by atoms with Crippen molar-refractivity contribution in [2.24, 2.45) is 4.99 Å². The van der Waals surface area contributed by atoms with Crippen LogP contribution in [0.2, 0.25) is 0 Å². The van der Waals surface area contributed by atoms with Crippen molar-refractivity contribution in [3.63, 3.8) is 0 Å². The molecule has 2 N–H and O–H groups in total. The molecule has 0 unspecified atom stereocenters. The maximum atomic E-state index is 13.3. The summed E-state index contributed by atoms with van der Waals surface area (Å²) in [5.41, 5.74) is 0.856. The molecule has 0 amide bonds. The molecule has 0 saturated heterocycles. The van der Waals surface area contributed by atoms with Crippen LogP contribution in [0, 0.1) is 5.82 Å². The van der Waals surface area contributed by atoms with E-state index < -0.39 is 0 Å². The smallest absolute Gasteiger partial charge is 0.224 e. The van der Waals surface area contributed by atoms with Crippen molar-refractivity contribution in [3.05, 3.63) is 54.0 Å². The Kier molecular flexibility index (Phi) is 10.2. The molecule has 0 atom stereocenters. The first-order chi connectivity index (χ1) is 11.7. The van der Waals surface area contributed by atoms with Crippen molar-refractivity contribution in [3.8, 4) is 11.6 Å². The van der Waals surface area contributed by atoms with E-state index in [-0.39, 0.29) is 29.8 Å². The molecule has 0 radical (unpaired) electrons. The highest BCUT2D eigenvalue weighted by Gasteiger charge is 2.07. The van der Waals surface area contributed by atoms with Gasteiger partial charge in [0.25, 0.3) is 0 Å². The van der Waals surface area contributed by atoms with Crippen LogP contribution in [0.3, 0.4) is 0 Å². The van der Waals surface area contributed by atoms with E-state index in [0.29, 0.717) is 24.1 Å². The van der Waals surface area contributed by atoms with Gasteiger partial charge in [-0.2, -0.15) is 11.8 Å². The summed E-state index contributed by atoms with van der Waals surface area (Å²) in [4.78, 5) is 8.41. The van der Waals surface area contributed by atoms with Gasteiger partial charge in [-0.15, -0.1) is 24.0 Å². The standard InChI is InChI=1S/C17H21FN4OS.HI/c1-19-17(21-9-10-24-2)22-12-13-5-4-8-20-16(13)23-15-7-3-6-14(18)11-15;/h3-8,11H,9-10,12H2,1-2H3,(H2,19,21,22);1H. The highest BCUT2D eigenvalue weighted by atomic mass is 127. The van der Waals surface area contributed by atoms with E-state index in [2.05, 4.69) is 26.9 Å². The third kappa shape index (κ3) is 7.47. The molecule has 0 bridgehead atoms. The van der Waals surface area contributed by atoms with Crippen molar-refractivity contribution in [1.29, 1.82) is 0 Å². The largest absolute Gasteiger partial charge is 0.439 e. The van der Waals surface area contributed by atoms with Crippen molar-refractivity contribution in [2.45, 2.75) is 6.54 Å². The number of pyridine rings is 1. The minimum atomic E-state index is -0.346. The monoisotopic (exact) mass is 476 g/mol. The van der Waals surface area contributed by atoms with Crippen LogP contribution in [0.15, 0.2) is 47.6 Å². The Morgan fingerprint density at radius 1 is 1.28 bits per heavy atom. The highest BCUT2D eigenvalue weighted by molar-refractivity contribution is 14.0. The van der Waals surface area contributed by atoms with Gasteiger partial charge >= 0.3 is 0 Å². The number of hydrogen-bond acceptors (Lipinski definition) is 4. The molecular weight excluding hydrogens is 454 g/mol. The van der Waals surface area contributed by atoms with E-state index in [9.17, 15) is 4.39 Å². The first-order valence-corrected chi connectivity index (χ1v) is 8.93. The summed E-state index contributed by atoms with van der Waals surface area (Å²) in [5, 5.41) is 6.44. The highest BCUT2D eigenvalue weighted by Crippen LogP contribution is 2.23. The lowest BCUT2D eigenvalue weighted by Crippen LogP contribution is -2.38. The van der Waals surface area contributed by atoms with Crippen LogP contribution in [-0.4, -0.2) is 36.5 Å². The third-order valence-corrected chi connectivity index (χ3v) is 3.74. The summed E-state index contributed by atoms with van der Waals surface area (Å²) < 4.78 is 19.0. The van der Waals surface area contributed by atoms with E-state index >= 15 is 0 Å². The van der Waals surface area contributed by atoms with Gasteiger partial charge in [-0.3, -0.25) is 4.99 Å². The summed E-state index contributed by atoms with van der Waals surface area (Å²) in [7, 11) is 1.72. The number of benzene rings is 1. The molecule has 8 heteroatoms. The van der Waals surface area contributed by atoms with Crippen LogP contribution in [0.1, 0.15) is 5.56 Å². The minimum absolute atomic E-state index is 0. The zero-order valence-corrected chi connectivity index (χ0v) is 17.3. The lowest BCUT2D eigenvalue weighted by molar-refractivity contribution is 0.450. The number of aromatic nitrogens is 1. The lowest BCUT2D eigenvalue weighted by atomic mass is 10.2. The summed E-state index contributed by atoms with van der Waals surface area (Å²) in [6, 6.07) is 9.73. The number of rotatable bonds is 7. The van der Waals surface area contributed by atoms with Crippen LogP contribution >= 0.6 is 35.7 Å². The van der Waals surface area contributed by atoms with Crippen molar-refractivity contribution < 1.29 is 9.13 Å². The summed E-state index contributed by atoms with van der Waals surface area (Å²) in [6.45, 7) is 1.33. The van der Waals surface area contributed by atoms with Crippen LogP contribution in [0.4, 0.5) is 4.39 Å². The molecule has 0 aliphatic carbocycles. The summed E-state index contributed by atoms with van der Waals surface area (Å²) in [6.07, 6.45) is 3.70. The predicted octanol–water partition coefficient (Wildman–Crippen LogP) is 3.66. The second-order valence-corrected chi connectivity index (χ2v) is 5.86. The average Bonchev–Trinajstić information content (AvgIpc) is 2.59. The fourth-order valence-electron chi connectivity index (χ4n) is 1.96. The van der Waals surface area contributed by atoms with Crippen LogP contribution in [0.25, 0.3) is 0 Å². The van der Waals surface area contributed by atoms with Crippen LogP contribution < -0.4 is 15.4 Å². The van der Waals surface area contributed by atoms with E-state index in [1.165, 1.54) is 12.1 Å². The quantitative estimate of drug-likeness (QED) is 0.277. The number of guanidine groups is 1. The van der Waals surface area contributed by atoms with Gasteiger partial charge in [0.2, 0.25) is 5.88 Å². The zero-order chi connectivity index (χ0) is 17.2. The average molecular weight is 476 g/mol. The maximum absolute atomic E-state index is 13.3. The molecule has 0 aliphatic rings. The molecule has 25 heavy (non-hydrogen) atoms. The Labute approximate surface area is 168 Å². The molecule has 1 heterocycles. The molecule has 2 rings (SSSR count). The summed E-state index contributed by atoms with van der Waals surface area (Å²) >= 11 is 1.77. The van der Waals surface area contributed by atoms with Crippen LogP contribution in [0.5, 0.6) is 11.6 Å². The lowest BCUT2D eigenvalue weighted by Gasteiger charge is -2.13. The first kappa shape index (κ1) is 21.5.